The Morgan fingerprint density at radius 3 is 1.83 bits per heavy atom. The van der Waals surface area contributed by atoms with Crippen LogP contribution in [0, 0.1) is 0 Å². The van der Waals surface area contributed by atoms with Crippen LogP contribution in [-0.2, 0) is 29.0 Å². The predicted molar refractivity (Wildman–Crippen MR) is 55.6 cm³/mol. The molecule has 1 unspecified atom stereocenters. The van der Waals surface area contributed by atoms with E-state index >= 15 is 0 Å². The molecule has 0 saturated carbocycles. The first-order valence-corrected chi connectivity index (χ1v) is 5.20. The first kappa shape index (κ1) is 19.5. The number of aliphatic carboxylic acids is 2. The van der Waals surface area contributed by atoms with Crippen molar-refractivity contribution in [1.29, 1.82) is 0 Å². The van der Waals surface area contributed by atoms with Crippen molar-refractivity contribution in [3.63, 3.8) is 0 Å². The number of aliphatic hydroxyl groups is 1. The molecule has 0 fully saturated rings. The quantitative estimate of drug-likeness (QED) is 0.227. The van der Waals surface area contributed by atoms with E-state index in [0.717, 1.165) is 0 Å². The summed E-state index contributed by atoms with van der Waals surface area (Å²) in [4.78, 5) is 31.6. The van der Waals surface area contributed by atoms with Crippen LogP contribution in [0.3, 0.4) is 0 Å². The molecule has 2 radical (unpaired) electrons. The van der Waals surface area contributed by atoms with Crippen LogP contribution in [0.15, 0.2) is 0 Å². The van der Waals surface area contributed by atoms with Crippen molar-refractivity contribution in [2.75, 3.05) is 0 Å². The van der Waals surface area contributed by atoms with Crippen LogP contribution in [-0.4, -0.2) is 79.1 Å². The third-order valence-corrected chi connectivity index (χ3v) is 1.87. The molecule has 0 aliphatic carbocycles. The molecule has 12 heteroatoms. The van der Waals surface area contributed by atoms with Crippen molar-refractivity contribution in [1.82, 2.24) is 0 Å². The Morgan fingerprint density at radius 2 is 1.56 bits per heavy atom. The molecule has 0 spiro atoms. The molecule has 0 aromatic rings. The molecule has 0 aliphatic rings. The van der Waals surface area contributed by atoms with Gasteiger partial charge < -0.3 is 19.5 Å². The molecule has 10 nitrogen and oxygen atoms in total. The summed E-state index contributed by atoms with van der Waals surface area (Å²) in [6, 6.07) is 0. The fourth-order valence-corrected chi connectivity index (χ4v) is 1.14. The van der Waals surface area contributed by atoms with Crippen molar-refractivity contribution in [2.45, 2.75) is 18.4 Å². The summed E-state index contributed by atoms with van der Waals surface area (Å²) in [6.45, 7) is 0. The first-order chi connectivity index (χ1) is 7.46. The number of carbonyl (C=O) groups excluding carboxylic acids is 1. The fourth-order valence-electron chi connectivity index (χ4n) is 0.850. The van der Waals surface area contributed by atoms with Crippen LogP contribution in [0.2, 0.25) is 0 Å². The molecule has 0 bridgehead atoms. The summed E-state index contributed by atoms with van der Waals surface area (Å²) >= 11 is 0. The van der Waals surface area contributed by atoms with Crippen LogP contribution in [0.5, 0.6) is 0 Å². The van der Waals surface area contributed by atoms with Crippen molar-refractivity contribution in [3.05, 3.63) is 0 Å². The van der Waals surface area contributed by atoms with Crippen LogP contribution >= 0.6 is 0 Å². The number of hydrogen-bond donors (Lipinski definition) is 4. The predicted octanol–water partition coefficient (Wildman–Crippen LogP) is -2.90. The minimum atomic E-state index is -5.15. The maximum absolute atomic E-state index is 10.8. The molecule has 0 heterocycles. The molecular weight excluding hydrogens is 471 g/mol. The molecule has 0 rings (SSSR count). The first-order valence-electron chi connectivity index (χ1n) is 3.83. The summed E-state index contributed by atoms with van der Waals surface area (Å²) in [5.41, 5.74) is -3.02. The molecule has 0 aliphatic heterocycles. The molecule has 4 N–H and O–H groups in total. The number of carbonyl (C=O) groups is 3. The summed E-state index contributed by atoms with van der Waals surface area (Å²) in [5, 5.41) is 26.1. The molecule has 0 aromatic heterocycles. The zero-order chi connectivity index (χ0) is 13.9. The van der Waals surface area contributed by atoms with E-state index in [9.17, 15) is 27.9 Å². The van der Waals surface area contributed by atoms with E-state index in [0.29, 0.717) is 0 Å². The standard InChI is InChI=1S/C6H8O10S.Pb.2H/c7-3(8)1-6(12,5(10)11)2-4(9)16-17(13,14)15;;;/h12H,1-2H2,(H,7,8)(H,10,11)(H,13,14,15);;;. The van der Waals surface area contributed by atoms with E-state index in [1.165, 1.54) is 0 Å². The van der Waals surface area contributed by atoms with Gasteiger partial charge in [0.2, 0.25) is 0 Å². The van der Waals surface area contributed by atoms with Gasteiger partial charge in [-0.2, -0.15) is 8.42 Å². The van der Waals surface area contributed by atoms with E-state index in [2.05, 4.69) is 4.18 Å². The molecule has 0 amide bonds. The minimum absolute atomic E-state index is 0. The van der Waals surface area contributed by atoms with Gasteiger partial charge in [0.05, 0.1) is 12.8 Å². The fraction of sp³-hybridized carbons (Fsp3) is 0.500. The Hall–Kier alpha value is -0.798. The van der Waals surface area contributed by atoms with Crippen LogP contribution in [0.1, 0.15) is 12.8 Å². The van der Waals surface area contributed by atoms with Gasteiger partial charge in [-0.25, -0.2) is 4.79 Å². The topological polar surface area (TPSA) is 175 Å². The van der Waals surface area contributed by atoms with Crippen molar-refractivity contribution in [2.24, 2.45) is 0 Å². The Balaban J connectivity index is 0. The van der Waals surface area contributed by atoms with E-state index in [1.54, 1.807) is 0 Å². The zero-order valence-corrected chi connectivity index (χ0v) is 15.1. The zero-order valence-electron chi connectivity index (χ0n) is 8.77. The number of hydrogen-bond acceptors (Lipinski definition) is 7. The molecule has 0 aromatic carbocycles. The van der Waals surface area contributed by atoms with Crippen LogP contribution in [0.25, 0.3) is 0 Å². The number of carboxylic acid groups (broad SMARTS) is 2. The van der Waals surface area contributed by atoms with Gasteiger partial charge in [-0.05, 0) is 0 Å². The second-order valence-corrected chi connectivity index (χ2v) is 3.99. The normalized spacial score (nSPS) is 13.9. The van der Waals surface area contributed by atoms with Gasteiger partial charge >= 0.3 is 55.6 Å². The second kappa shape index (κ2) is 6.96. The van der Waals surface area contributed by atoms with Crippen molar-refractivity contribution in [3.8, 4) is 0 Å². The van der Waals surface area contributed by atoms with Gasteiger partial charge in [0.25, 0.3) is 0 Å². The Labute approximate surface area is 121 Å². The van der Waals surface area contributed by atoms with E-state index in [1.807, 2.05) is 0 Å². The van der Waals surface area contributed by atoms with Crippen molar-refractivity contribution < 1.29 is 46.9 Å². The van der Waals surface area contributed by atoms with Crippen molar-refractivity contribution >= 4 is 55.6 Å². The average molecular weight is 481 g/mol. The monoisotopic (exact) mass is 482 g/mol. The van der Waals surface area contributed by atoms with Crippen LogP contribution in [0.4, 0.5) is 0 Å². The molecular formula is C6H10O10PbS. The summed E-state index contributed by atoms with van der Waals surface area (Å²) in [7, 11) is -5.15. The average Bonchev–Trinajstić information content (AvgIpc) is 1.96. The van der Waals surface area contributed by atoms with E-state index < -0.39 is 46.7 Å². The van der Waals surface area contributed by atoms with E-state index in [4.69, 9.17) is 14.8 Å². The number of carboxylic acids is 2. The molecule has 104 valence electrons. The van der Waals surface area contributed by atoms with E-state index in [-0.39, 0.29) is 27.3 Å². The molecule has 0 saturated heterocycles. The Morgan fingerprint density at radius 1 is 1.11 bits per heavy atom. The summed E-state index contributed by atoms with van der Waals surface area (Å²) < 4.78 is 31.6. The Kier molecular flexibility index (Phi) is 7.55. The molecule has 1 atom stereocenters. The van der Waals surface area contributed by atoms with Gasteiger partial charge in [-0.3, -0.25) is 14.1 Å². The summed E-state index contributed by atoms with van der Waals surface area (Å²) in [6.07, 6.45) is -2.79. The third kappa shape index (κ3) is 7.51. The summed E-state index contributed by atoms with van der Waals surface area (Å²) in [5.74, 6) is -5.58. The SMILES string of the molecule is O=C(O)CC(O)(CC(=O)OS(=O)(=O)O)C(=O)O.[PbH2]. The van der Waals surface area contributed by atoms with Gasteiger partial charge in [0.15, 0.2) is 5.60 Å². The van der Waals surface area contributed by atoms with Gasteiger partial charge in [0, 0.05) is 0 Å². The van der Waals surface area contributed by atoms with Gasteiger partial charge in [-0.15, -0.1) is 0 Å². The second-order valence-electron chi connectivity index (χ2n) is 2.97. The van der Waals surface area contributed by atoms with Gasteiger partial charge in [0.1, 0.15) is 0 Å². The number of rotatable bonds is 6. The van der Waals surface area contributed by atoms with Crippen LogP contribution < -0.4 is 0 Å². The molecule has 18 heavy (non-hydrogen) atoms. The van der Waals surface area contributed by atoms with Gasteiger partial charge in [-0.1, -0.05) is 0 Å². The maximum atomic E-state index is 10.8. The third-order valence-electron chi connectivity index (χ3n) is 1.48. The Bertz CT molecular complexity index is 441.